The van der Waals surface area contributed by atoms with Crippen LogP contribution in [0.3, 0.4) is 0 Å². The predicted molar refractivity (Wildman–Crippen MR) is 153 cm³/mol. The van der Waals surface area contributed by atoms with Gasteiger partial charge in [-0.15, -0.1) is 0 Å². The maximum atomic E-state index is 13.1. The van der Waals surface area contributed by atoms with Crippen LogP contribution in [0.1, 0.15) is 48.8 Å². The Balaban J connectivity index is 1.41. The third-order valence-electron chi connectivity index (χ3n) is 7.55. The molecule has 1 aliphatic carbocycles. The number of rotatable bonds is 9. The first-order valence-corrected chi connectivity index (χ1v) is 13.1. The molecular formula is C31H35N3O5. The highest BCUT2D eigenvalue weighted by molar-refractivity contribution is 6.01. The number of aliphatic carboxylic acids is 1. The van der Waals surface area contributed by atoms with Gasteiger partial charge in [-0.25, -0.2) is 4.79 Å². The lowest BCUT2D eigenvalue weighted by molar-refractivity contribution is -0.138. The molecule has 8 heteroatoms. The van der Waals surface area contributed by atoms with Gasteiger partial charge in [0.05, 0.1) is 25.6 Å². The first-order chi connectivity index (χ1) is 18.7. The largest absolute Gasteiger partial charge is 0.495 e. The fourth-order valence-corrected chi connectivity index (χ4v) is 5.32. The second-order valence-electron chi connectivity index (χ2n) is 10.2. The molecule has 1 fully saturated rings. The second kappa shape index (κ2) is 12.0. The van der Waals surface area contributed by atoms with E-state index in [2.05, 4.69) is 10.6 Å². The maximum Gasteiger partial charge on any atom is 0.323 e. The number of benzene rings is 3. The standard InChI is InChI=1S/C31H35N3O5/c1-21-8-4-5-9-25(21)32-30(38)33-26-15-10-22(18-27(26)39-3)19-28(35)34(2)24-13-11-23(12-14-24)31(20-29(36)37)16-6-7-17-31/h4-5,8-15,18H,6-7,16-17,19-20H2,1-3H3,(H,36,37)(H2,32,33,38). The molecule has 0 aromatic heterocycles. The first kappa shape index (κ1) is 27.7. The van der Waals surface area contributed by atoms with Gasteiger partial charge in [0.15, 0.2) is 0 Å². The summed E-state index contributed by atoms with van der Waals surface area (Å²) in [5.74, 6) is -0.437. The Morgan fingerprint density at radius 2 is 1.62 bits per heavy atom. The van der Waals surface area contributed by atoms with Crippen LogP contribution >= 0.6 is 0 Å². The van der Waals surface area contributed by atoms with Crippen LogP contribution in [-0.4, -0.2) is 37.2 Å². The average Bonchev–Trinajstić information content (AvgIpc) is 3.39. The molecule has 8 nitrogen and oxygen atoms in total. The number of ether oxygens (including phenoxy) is 1. The molecule has 1 saturated carbocycles. The molecule has 0 bridgehead atoms. The second-order valence-corrected chi connectivity index (χ2v) is 10.2. The number of methoxy groups -OCH3 is 1. The van der Waals surface area contributed by atoms with Crippen molar-refractivity contribution >= 4 is 35.0 Å². The normalized spacial score (nSPS) is 13.9. The van der Waals surface area contributed by atoms with E-state index >= 15 is 0 Å². The Hall–Kier alpha value is -4.33. The van der Waals surface area contributed by atoms with Crippen LogP contribution in [0.2, 0.25) is 0 Å². The number of likely N-dealkylation sites (N-methyl/N-ethyl adjacent to an activating group) is 1. The smallest absolute Gasteiger partial charge is 0.323 e. The topological polar surface area (TPSA) is 108 Å². The molecule has 204 valence electrons. The summed E-state index contributed by atoms with van der Waals surface area (Å²) in [4.78, 5) is 38.7. The molecule has 3 amide bonds. The van der Waals surface area contributed by atoms with Crippen LogP contribution in [0, 0.1) is 6.92 Å². The van der Waals surface area contributed by atoms with Crippen molar-refractivity contribution in [2.45, 2.75) is 50.9 Å². The minimum Gasteiger partial charge on any atom is -0.495 e. The molecule has 3 aromatic rings. The number of nitrogens with zero attached hydrogens (tertiary/aromatic N) is 1. The highest BCUT2D eigenvalue weighted by Crippen LogP contribution is 2.44. The molecule has 39 heavy (non-hydrogen) atoms. The van der Waals surface area contributed by atoms with Gasteiger partial charge in [0.1, 0.15) is 5.75 Å². The minimum atomic E-state index is -0.781. The number of carbonyl (C=O) groups excluding carboxylic acids is 2. The van der Waals surface area contributed by atoms with E-state index < -0.39 is 12.0 Å². The van der Waals surface area contributed by atoms with Gasteiger partial charge in [-0.3, -0.25) is 9.59 Å². The van der Waals surface area contributed by atoms with Crippen LogP contribution in [0.4, 0.5) is 21.9 Å². The van der Waals surface area contributed by atoms with Crippen LogP contribution in [0.25, 0.3) is 0 Å². The lowest BCUT2D eigenvalue weighted by atomic mass is 9.76. The van der Waals surface area contributed by atoms with E-state index in [1.54, 1.807) is 30.1 Å². The molecule has 1 aliphatic rings. The van der Waals surface area contributed by atoms with Gasteiger partial charge in [0.25, 0.3) is 0 Å². The van der Waals surface area contributed by atoms with Gasteiger partial charge in [-0.2, -0.15) is 0 Å². The van der Waals surface area contributed by atoms with E-state index in [1.807, 2.05) is 55.5 Å². The number of carboxylic acid groups (broad SMARTS) is 1. The number of urea groups is 1. The zero-order chi connectivity index (χ0) is 28.0. The number of aryl methyl sites for hydroxylation is 1. The van der Waals surface area contributed by atoms with Crippen LogP contribution in [0.5, 0.6) is 5.75 Å². The Morgan fingerprint density at radius 1 is 0.949 bits per heavy atom. The van der Waals surface area contributed by atoms with Crippen LogP contribution in [-0.2, 0) is 21.4 Å². The predicted octanol–water partition coefficient (Wildman–Crippen LogP) is 6.14. The average molecular weight is 530 g/mol. The SMILES string of the molecule is COc1cc(CC(=O)N(C)c2ccc(C3(CC(=O)O)CCCC3)cc2)ccc1NC(=O)Nc1ccccc1C. The van der Waals surface area contributed by atoms with Gasteiger partial charge in [-0.1, -0.05) is 49.2 Å². The van der Waals surface area contributed by atoms with Gasteiger partial charge in [0, 0.05) is 23.8 Å². The van der Waals surface area contributed by atoms with E-state index in [-0.39, 0.29) is 24.2 Å². The molecule has 0 unspecified atom stereocenters. The van der Waals surface area contributed by atoms with Gasteiger partial charge in [-0.05, 0) is 66.8 Å². The van der Waals surface area contributed by atoms with Crippen LogP contribution < -0.4 is 20.3 Å². The number of anilines is 3. The molecule has 3 N–H and O–H groups in total. The number of hydrogen-bond donors (Lipinski definition) is 3. The molecule has 0 atom stereocenters. The number of carbonyl (C=O) groups is 3. The summed E-state index contributed by atoms with van der Waals surface area (Å²) in [6, 6.07) is 20.0. The fourth-order valence-electron chi connectivity index (χ4n) is 5.32. The molecule has 0 radical (unpaired) electrons. The highest BCUT2D eigenvalue weighted by atomic mass is 16.5. The molecule has 4 rings (SSSR count). The Labute approximate surface area is 229 Å². The third-order valence-corrected chi connectivity index (χ3v) is 7.55. The summed E-state index contributed by atoms with van der Waals surface area (Å²) < 4.78 is 5.48. The quantitative estimate of drug-likeness (QED) is 0.309. The lowest BCUT2D eigenvalue weighted by Gasteiger charge is -2.28. The van der Waals surface area contributed by atoms with E-state index in [1.165, 1.54) is 7.11 Å². The monoisotopic (exact) mass is 529 g/mol. The van der Waals surface area contributed by atoms with Crippen molar-refractivity contribution in [2.75, 3.05) is 29.7 Å². The third kappa shape index (κ3) is 6.57. The van der Waals surface area contributed by atoms with E-state index in [9.17, 15) is 19.5 Å². The Bertz CT molecular complexity index is 1350. The summed E-state index contributed by atoms with van der Waals surface area (Å²) in [6.07, 6.45) is 4.07. The Kier molecular flexibility index (Phi) is 8.54. The van der Waals surface area contributed by atoms with E-state index in [0.29, 0.717) is 17.1 Å². The summed E-state index contributed by atoms with van der Waals surface area (Å²) in [6.45, 7) is 1.92. The van der Waals surface area contributed by atoms with Crippen molar-refractivity contribution in [2.24, 2.45) is 0 Å². The summed E-state index contributed by atoms with van der Waals surface area (Å²) >= 11 is 0. The number of para-hydroxylation sites is 1. The van der Waals surface area contributed by atoms with Crippen molar-refractivity contribution in [1.29, 1.82) is 0 Å². The summed E-state index contributed by atoms with van der Waals surface area (Å²) in [7, 11) is 3.24. The van der Waals surface area contributed by atoms with Crippen molar-refractivity contribution in [3.8, 4) is 5.75 Å². The first-order valence-electron chi connectivity index (χ1n) is 13.1. The van der Waals surface area contributed by atoms with Gasteiger partial charge >= 0.3 is 12.0 Å². The fraction of sp³-hybridized carbons (Fsp3) is 0.323. The van der Waals surface area contributed by atoms with Crippen molar-refractivity contribution in [1.82, 2.24) is 0 Å². The van der Waals surface area contributed by atoms with Crippen molar-refractivity contribution < 1.29 is 24.2 Å². The molecule has 0 aliphatic heterocycles. The van der Waals surface area contributed by atoms with Crippen LogP contribution in [0.15, 0.2) is 66.7 Å². The summed E-state index contributed by atoms with van der Waals surface area (Å²) in [5.41, 5.74) is 4.34. The number of carboxylic acids is 1. The van der Waals surface area contributed by atoms with Gasteiger partial charge in [0.2, 0.25) is 5.91 Å². The Morgan fingerprint density at radius 3 is 2.26 bits per heavy atom. The van der Waals surface area contributed by atoms with Gasteiger partial charge < -0.3 is 25.4 Å². The lowest BCUT2D eigenvalue weighted by Crippen LogP contribution is -2.29. The van der Waals surface area contributed by atoms with E-state index in [0.717, 1.165) is 48.1 Å². The maximum absolute atomic E-state index is 13.1. The zero-order valence-corrected chi connectivity index (χ0v) is 22.6. The van der Waals surface area contributed by atoms with E-state index in [4.69, 9.17) is 4.74 Å². The van der Waals surface area contributed by atoms with Crippen molar-refractivity contribution in [3.05, 3.63) is 83.4 Å². The number of hydrogen-bond acceptors (Lipinski definition) is 4. The number of nitrogens with one attached hydrogen (secondary N) is 2. The molecule has 0 saturated heterocycles. The zero-order valence-electron chi connectivity index (χ0n) is 22.6. The molecular weight excluding hydrogens is 494 g/mol. The molecule has 0 heterocycles. The summed E-state index contributed by atoms with van der Waals surface area (Å²) in [5, 5.41) is 15.1. The highest BCUT2D eigenvalue weighted by Gasteiger charge is 2.37. The van der Waals surface area contributed by atoms with Crippen molar-refractivity contribution in [3.63, 3.8) is 0 Å². The molecule has 3 aromatic carbocycles. The number of amides is 3. The molecule has 0 spiro atoms. The minimum absolute atomic E-state index is 0.107.